The number of sulfonamides is 1. The van der Waals surface area contributed by atoms with Crippen molar-refractivity contribution in [3.63, 3.8) is 0 Å². The van der Waals surface area contributed by atoms with Crippen LogP contribution in [0.1, 0.15) is 18.7 Å². The van der Waals surface area contributed by atoms with E-state index < -0.39 is 15.6 Å². The Balaban J connectivity index is 2.06. The molecule has 3 rings (SSSR count). The lowest BCUT2D eigenvalue weighted by Crippen LogP contribution is -2.40. The van der Waals surface area contributed by atoms with Crippen molar-refractivity contribution in [2.24, 2.45) is 14.1 Å². The number of hydrogen-bond acceptors (Lipinski definition) is 4. The average Bonchev–Trinajstić information content (AvgIpc) is 3.12. The van der Waals surface area contributed by atoms with Crippen molar-refractivity contribution in [2.75, 3.05) is 0 Å². The highest BCUT2D eigenvalue weighted by Crippen LogP contribution is 2.27. The molecule has 0 amide bonds. The Morgan fingerprint density at radius 2 is 1.75 bits per heavy atom. The molecule has 0 aliphatic carbocycles. The second kappa shape index (κ2) is 5.58. The van der Waals surface area contributed by atoms with E-state index in [9.17, 15) is 13.2 Å². The molecule has 0 aliphatic heterocycles. The lowest BCUT2D eigenvalue weighted by molar-refractivity contribution is 0.480. The van der Waals surface area contributed by atoms with Gasteiger partial charge in [-0.25, -0.2) is 17.9 Å². The van der Waals surface area contributed by atoms with E-state index in [1.54, 1.807) is 20.2 Å². The van der Waals surface area contributed by atoms with Gasteiger partial charge in [0.25, 0.3) is 0 Å². The smallest absolute Gasteiger partial charge is 0.295 e. The molecule has 0 aliphatic rings. The van der Waals surface area contributed by atoms with Crippen LogP contribution in [-0.2, 0) is 29.7 Å². The van der Waals surface area contributed by atoms with Gasteiger partial charge in [-0.2, -0.15) is 0 Å². The fourth-order valence-corrected chi connectivity index (χ4v) is 5.02. The summed E-state index contributed by atoms with van der Waals surface area (Å²) in [6.45, 7) is 3.65. The van der Waals surface area contributed by atoms with Gasteiger partial charge < -0.3 is 0 Å². The minimum atomic E-state index is -3.72. The van der Waals surface area contributed by atoms with E-state index in [-0.39, 0.29) is 10.6 Å². The molecule has 3 aromatic rings. The first-order valence-corrected chi connectivity index (χ1v) is 9.73. The normalized spacial score (nSPS) is 12.8. The summed E-state index contributed by atoms with van der Waals surface area (Å²) in [5, 5.41) is 1.91. The molecule has 0 unspecified atom stereocenters. The molecule has 8 heteroatoms. The third-order valence-electron chi connectivity index (χ3n) is 4.08. The van der Waals surface area contributed by atoms with Gasteiger partial charge in [0.1, 0.15) is 0 Å². The van der Waals surface area contributed by atoms with Gasteiger partial charge in [0, 0.05) is 19.0 Å². The van der Waals surface area contributed by atoms with Crippen LogP contribution in [0.15, 0.2) is 45.4 Å². The SMILES string of the molecule is Cn1c(=O)n(C)c2cc(S(=O)(=O)NC(C)(C)c3cccs3)ccc21. The monoisotopic (exact) mass is 365 g/mol. The van der Waals surface area contributed by atoms with E-state index in [1.807, 2.05) is 31.4 Å². The Morgan fingerprint density at radius 1 is 1.08 bits per heavy atom. The molecule has 128 valence electrons. The molecular formula is C16H19N3O3S2. The first-order valence-electron chi connectivity index (χ1n) is 7.37. The standard InChI is InChI=1S/C16H19N3O3S2/c1-16(2,14-6-5-9-23-14)17-24(21,22)11-7-8-12-13(10-11)19(4)15(20)18(12)3/h5-10,17H,1-4H3. The minimum Gasteiger partial charge on any atom is -0.295 e. The number of thiophene rings is 1. The van der Waals surface area contributed by atoms with Crippen molar-refractivity contribution < 1.29 is 8.42 Å². The minimum absolute atomic E-state index is 0.140. The molecule has 0 bridgehead atoms. The second-order valence-corrected chi connectivity index (χ2v) is 8.89. The molecule has 24 heavy (non-hydrogen) atoms. The number of benzene rings is 1. The summed E-state index contributed by atoms with van der Waals surface area (Å²) in [5.41, 5.74) is 0.370. The van der Waals surface area contributed by atoms with Gasteiger partial charge >= 0.3 is 5.69 Å². The zero-order valence-electron chi connectivity index (χ0n) is 13.9. The number of hydrogen-bond donors (Lipinski definition) is 1. The molecule has 0 spiro atoms. The largest absolute Gasteiger partial charge is 0.328 e. The number of imidazole rings is 1. The summed E-state index contributed by atoms with van der Waals surface area (Å²) in [6.07, 6.45) is 0. The van der Waals surface area contributed by atoms with E-state index in [0.29, 0.717) is 11.0 Å². The van der Waals surface area contributed by atoms with Crippen LogP contribution in [-0.4, -0.2) is 17.6 Å². The number of nitrogens with zero attached hydrogens (tertiary/aromatic N) is 2. The predicted octanol–water partition coefficient (Wildman–Crippen LogP) is 2.15. The molecule has 2 aromatic heterocycles. The average molecular weight is 365 g/mol. The number of fused-ring (bicyclic) bond motifs is 1. The van der Waals surface area contributed by atoms with E-state index >= 15 is 0 Å². The van der Waals surface area contributed by atoms with E-state index in [2.05, 4.69) is 4.72 Å². The Kier molecular flexibility index (Phi) is 3.94. The molecule has 0 fully saturated rings. The number of aryl methyl sites for hydroxylation is 2. The van der Waals surface area contributed by atoms with Crippen LogP contribution in [0.2, 0.25) is 0 Å². The van der Waals surface area contributed by atoms with E-state index in [0.717, 1.165) is 4.88 Å². The van der Waals surface area contributed by atoms with Crippen molar-refractivity contribution in [2.45, 2.75) is 24.3 Å². The Bertz CT molecular complexity index is 1060. The van der Waals surface area contributed by atoms with Gasteiger partial charge in [-0.05, 0) is 43.5 Å². The Hall–Kier alpha value is -1.90. The van der Waals surface area contributed by atoms with Gasteiger partial charge in [0.05, 0.1) is 21.5 Å². The molecule has 1 aromatic carbocycles. The van der Waals surface area contributed by atoms with Crippen LogP contribution in [0.5, 0.6) is 0 Å². The first kappa shape index (κ1) is 16.9. The number of nitrogens with one attached hydrogen (secondary N) is 1. The maximum Gasteiger partial charge on any atom is 0.328 e. The van der Waals surface area contributed by atoms with Crippen LogP contribution in [0.25, 0.3) is 11.0 Å². The van der Waals surface area contributed by atoms with Crippen LogP contribution in [0.3, 0.4) is 0 Å². The van der Waals surface area contributed by atoms with Crippen LogP contribution < -0.4 is 10.4 Å². The molecular weight excluding hydrogens is 346 g/mol. The lowest BCUT2D eigenvalue weighted by Gasteiger charge is -2.24. The van der Waals surface area contributed by atoms with E-state index in [1.165, 1.54) is 32.6 Å². The molecule has 0 atom stereocenters. The van der Waals surface area contributed by atoms with Crippen molar-refractivity contribution in [1.82, 2.24) is 13.9 Å². The highest BCUT2D eigenvalue weighted by Gasteiger charge is 2.29. The predicted molar refractivity (Wildman–Crippen MR) is 95.8 cm³/mol. The Labute approximate surface area is 144 Å². The van der Waals surface area contributed by atoms with Gasteiger partial charge in [-0.1, -0.05) is 6.07 Å². The first-order chi connectivity index (χ1) is 11.1. The molecule has 1 N–H and O–H groups in total. The zero-order chi connectivity index (χ0) is 17.7. The second-order valence-electron chi connectivity index (χ2n) is 6.26. The van der Waals surface area contributed by atoms with Crippen LogP contribution >= 0.6 is 11.3 Å². The molecule has 0 saturated carbocycles. The highest BCUT2D eigenvalue weighted by atomic mass is 32.2. The maximum absolute atomic E-state index is 12.8. The van der Waals surface area contributed by atoms with E-state index in [4.69, 9.17) is 0 Å². The highest BCUT2D eigenvalue weighted by molar-refractivity contribution is 7.89. The van der Waals surface area contributed by atoms with Crippen molar-refractivity contribution >= 4 is 32.4 Å². The van der Waals surface area contributed by atoms with Crippen LogP contribution in [0.4, 0.5) is 0 Å². The van der Waals surface area contributed by atoms with Gasteiger partial charge in [0.15, 0.2) is 0 Å². The lowest BCUT2D eigenvalue weighted by atomic mass is 10.1. The van der Waals surface area contributed by atoms with Crippen molar-refractivity contribution in [1.29, 1.82) is 0 Å². The van der Waals surface area contributed by atoms with Gasteiger partial charge in [-0.15, -0.1) is 11.3 Å². The summed E-state index contributed by atoms with van der Waals surface area (Å²) in [7, 11) is -0.431. The topological polar surface area (TPSA) is 73.1 Å². The summed E-state index contributed by atoms with van der Waals surface area (Å²) < 4.78 is 31.3. The number of rotatable bonds is 4. The molecule has 0 radical (unpaired) electrons. The Morgan fingerprint density at radius 3 is 2.38 bits per heavy atom. The summed E-state index contributed by atoms with van der Waals surface area (Å²) in [5.74, 6) is 0. The quantitative estimate of drug-likeness (QED) is 0.770. The van der Waals surface area contributed by atoms with Gasteiger partial charge in [-0.3, -0.25) is 9.13 Å². The maximum atomic E-state index is 12.8. The van der Waals surface area contributed by atoms with Gasteiger partial charge in [0.2, 0.25) is 10.0 Å². The van der Waals surface area contributed by atoms with Crippen molar-refractivity contribution in [3.8, 4) is 0 Å². The fourth-order valence-electron chi connectivity index (χ4n) is 2.73. The van der Waals surface area contributed by atoms with Crippen molar-refractivity contribution in [3.05, 3.63) is 51.1 Å². The fraction of sp³-hybridized carbons (Fsp3) is 0.312. The summed E-state index contributed by atoms with van der Waals surface area (Å²) >= 11 is 1.50. The third kappa shape index (κ3) is 2.70. The zero-order valence-corrected chi connectivity index (χ0v) is 15.5. The summed E-state index contributed by atoms with van der Waals surface area (Å²) in [4.78, 5) is 13.1. The molecule has 2 heterocycles. The van der Waals surface area contributed by atoms with Crippen LogP contribution in [0, 0.1) is 0 Å². The summed E-state index contributed by atoms with van der Waals surface area (Å²) in [6, 6.07) is 8.50. The molecule has 6 nitrogen and oxygen atoms in total. The third-order valence-corrected chi connectivity index (χ3v) is 6.93. The molecule has 0 saturated heterocycles. The number of aromatic nitrogens is 2.